The van der Waals surface area contributed by atoms with Gasteiger partial charge in [0, 0.05) is 0 Å². The number of benzene rings is 3. The number of carbonyl (C=O) groups is 1. The van der Waals surface area contributed by atoms with E-state index in [1.165, 1.54) is 0 Å². The molecule has 0 amide bonds. The van der Waals surface area contributed by atoms with E-state index in [9.17, 15) is 4.79 Å². The van der Waals surface area contributed by atoms with Crippen LogP contribution in [0, 0.1) is 6.92 Å². The molecule has 4 rings (SSSR count). The number of para-hydroxylation sites is 1. The van der Waals surface area contributed by atoms with Crippen LogP contribution in [0.1, 0.15) is 16.7 Å². The van der Waals surface area contributed by atoms with Crippen molar-refractivity contribution in [1.29, 1.82) is 0 Å². The summed E-state index contributed by atoms with van der Waals surface area (Å²) in [6.45, 7) is 2.77. The van der Waals surface area contributed by atoms with E-state index in [0.29, 0.717) is 19.8 Å². The molecule has 0 bridgehead atoms. The molecule has 0 unspecified atom stereocenters. The smallest absolute Gasteiger partial charge is 0.329 e. The topological polar surface area (TPSA) is 74.2 Å². The molecule has 1 heterocycles. The van der Waals surface area contributed by atoms with Crippen LogP contribution in [0.4, 0.5) is 0 Å². The SMILES string of the molecule is Cc1ccccc1Oc1ccc(COc2ccc(C3(OCC(=O)O)COC3)cc2)cc1. The molecule has 3 aromatic rings. The van der Waals surface area contributed by atoms with E-state index in [1.54, 1.807) is 0 Å². The van der Waals surface area contributed by atoms with Crippen molar-refractivity contribution in [2.24, 2.45) is 0 Å². The molecule has 1 fully saturated rings. The zero-order chi connectivity index (χ0) is 21.7. The highest BCUT2D eigenvalue weighted by Gasteiger charge is 2.42. The van der Waals surface area contributed by atoms with Crippen molar-refractivity contribution < 1.29 is 28.8 Å². The van der Waals surface area contributed by atoms with Gasteiger partial charge in [-0.05, 0) is 53.9 Å². The Balaban J connectivity index is 1.33. The largest absolute Gasteiger partial charge is 0.489 e. The number of carboxylic acid groups (broad SMARTS) is 1. The van der Waals surface area contributed by atoms with E-state index < -0.39 is 11.6 Å². The summed E-state index contributed by atoms with van der Waals surface area (Å²) in [5, 5.41) is 8.88. The third kappa shape index (κ3) is 5.05. The molecular formula is C25H24O6. The normalized spacial score (nSPS) is 14.5. The summed E-state index contributed by atoms with van der Waals surface area (Å²) in [5.41, 5.74) is 2.30. The predicted octanol–water partition coefficient (Wildman–Crippen LogP) is 4.69. The Morgan fingerprint density at radius 3 is 2.26 bits per heavy atom. The van der Waals surface area contributed by atoms with Crippen molar-refractivity contribution in [3.63, 3.8) is 0 Å². The lowest BCUT2D eigenvalue weighted by Crippen LogP contribution is -2.49. The summed E-state index contributed by atoms with van der Waals surface area (Å²) in [7, 11) is 0. The molecule has 6 heteroatoms. The van der Waals surface area contributed by atoms with Gasteiger partial charge in [0.1, 0.15) is 36.1 Å². The molecule has 0 radical (unpaired) electrons. The van der Waals surface area contributed by atoms with E-state index in [1.807, 2.05) is 79.7 Å². The maximum atomic E-state index is 10.8. The molecule has 0 aromatic heterocycles. The first kappa shape index (κ1) is 20.9. The number of carboxylic acids is 1. The Labute approximate surface area is 181 Å². The van der Waals surface area contributed by atoms with E-state index in [4.69, 9.17) is 24.1 Å². The van der Waals surface area contributed by atoms with Crippen LogP contribution < -0.4 is 9.47 Å². The second-order valence-corrected chi connectivity index (χ2v) is 7.49. The average Bonchev–Trinajstić information content (AvgIpc) is 2.75. The summed E-state index contributed by atoms with van der Waals surface area (Å²) in [5.74, 6) is 1.34. The minimum atomic E-state index is -0.999. The van der Waals surface area contributed by atoms with Crippen LogP contribution in [0.15, 0.2) is 72.8 Å². The highest BCUT2D eigenvalue weighted by atomic mass is 16.6. The van der Waals surface area contributed by atoms with E-state index in [2.05, 4.69) is 0 Å². The molecule has 0 spiro atoms. The van der Waals surface area contributed by atoms with Gasteiger partial charge in [0.2, 0.25) is 0 Å². The molecule has 1 N–H and O–H groups in total. The maximum absolute atomic E-state index is 10.8. The van der Waals surface area contributed by atoms with E-state index in [-0.39, 0.29) is 6.61 Å². The molecule has 1 aliphatic heterocycles. The number of aliphatic carboxylic acids is 1. The third-order valence-electron chi connectivity index (χ3n) is 5.17. The second-order valence-electron chi connectivity index (χ2n) is 7.49. The lowest BCUT2D eigenvalue weighted by atomic mass is 9.91. The van der Waals surface area contributed by atoms with Gasteiger partial charge in [0.05, 0.1) is 13.2 Å². The van der Waals surface area contributed by atoms with Crippen molar-refractivity contribution in [1.82, 2.24) is 0 Å². The fourth-order valence-electron chi connectivity index (χ4n) is 3.29. The number of aryl methyl sites for hydroxylation is 1. The van der Waals surface area contributed by atoms with Crippen molar-refractivity contribution in [3.05, 3.63) is 89.5 Å². The molecule has 31 heavy (non-hydrogen) atoms. The Hall–Kier alpha value is -3.35. The zero-order valence-electron chi connectivity index (χ0n) is 17.2. The molecule has 6 nitrogen and oxygen atoms in total. The van der Waals surface area contributed by atoms with Crippen LogP contribution in [0.3, 0.4) is 0 Å². The summed E-state index contributed by atoms with van der Waals surface area (Å²) in [6, 6.07) is 23.2. The second kappa shape index (κ2) is 9.20. The Morgan fingerprint density at radius 1 is 0.968 bits per heavy atom. The molecule has 1 aliphatic rings. The maximum Gasteiger partial charge on any atom is 0.329 e. The van der Waals surface area contributed by atoms with Crippen LogP contribution in [-0.4, -0.2) is 30.9 Å². The lowest BCUT2D eigenvalue weighted by Gasteiger charge is -2.41. The van der Waals surface area contributed by atoms with Crippen LogP contribution in [-0.2, 0) is 26.5 Å². The molecular weight excluding hydrogens is 396 g/mol. The number of rotatable bonds is 9. The number of ether oxygens (including phenoxy) is 4. The summed E-state index contributed by atoms with van der Waals surface area (Å²) < 4.78 is 22.6. The van der Waals surface area contributed by atoms with Gasteiger partial charge >= 0.3 is 5.97 Å². The van der Waals surface area contributed by atoms with Crippen molar-refractivity contribution in [2.75, 3.05) is 19.8 Å². The zero-order valence-corrected chi connectivity index (χ0v) is 17.2. The van der Waals surface area contributed by atoms with Gasteiger partial charge in [-0.25, -0.2) is 4.79 Å². The Kier molecular flexibility index (Phi) is 6.21. The van der Waals surface area contributed by atoms with Gasteiger partial charge in [0.25, 0.3) is 0 Å². The Bertz CT molecular complexity index is 1020. The van der Waals surface area contributed by atoms with Crippen LogP contribution >= 0.6 is 0 Å². The molecule has 3 aromatic carbocycles. The van der Waals surface area contributed by atoms with E-state index >= 15 is 0 Å². The fraction of sp³-hybridized carbons (Fsp3) is 0.240. The highest BCUT2D eigenvalue weighted by molar-refractivity contribution is 5.68. The lowest BCUT2D eigenvalue weighted by molar-refractivity contribution is -0.220. The van der Waals surface area contributed by atoms with Gasteiger partial charge in [-0.2, -0.15) is 0 Å². The molecule has 0 aliphatic carbocycles. The van der Waals surface area contributed by atoms with E-state index in [0.717, 1.165) is 33.9 Å². The average molecular weight is 420 g/mol. The van der Waals surface area contributed by atoms with Gasteiger partial charge < -0.3 is 24.1 Å². The van der Waals surface area contributed by atoms with Crippen molar-refractivity contribution in [3.8, 4) is 17.2 Å². The van der Waals surface area contributed by atoms with Crippen molar-refractivity contribution in [2.45, 2.75) is 19.1 Å². The quantitative estimate of drug-likeness (QED) is 0.541. The third-order valence-corrected chi connectivity index (χ3v) is 5.17. The number of hydrogen-bond donors (Lipinski definition) is 1. The molecule has 1 saturated heterocycles. The summed E-state index contributed by atoms with van der Waals surface area (Å²) in [6.07, 6.45) is 0. The monoisotopic (exact) mass is 420 g/mol. The van der Waals surface area contributed by atoms with Crippen molar-refractivity contribution >= 4 is 5.97 Å². The van der Waals surface area contributed by atoms with Gasteiger partial charge in [-0.1, -0.05) is 42.5 Å². The molecule has 0 atom stereocenters. The van der Waals surface area contributed by atoms with Crippen LogP contribution in [0.2, 0.25) is 0 Å². The summed E-state index contributed by atoms with van der Waals surface area (Å²) >= 11 is 0. The first-order chi connectivity index (χ1) is 15.0. The predicted molar refractivity (Wildman–Crippen MR) is 115 cm³/mol. The minimum Gasteiger partial charge on any atom is -0.489 e. The van der Waals surface area contributed by atoms with Crippen LogP contribution in [0.25, 0.3) is 0 Å². The number of hydrogen-bond acceptors (Lipinski definition) is 5. The highest BCUT2D eigenvalue weighted by Crippen LogP contribution is 2.34. The molecule has 160 valence electrons. The standard InChI is InChI=1S/C25H24O6/c1-18-4-2-3-5-23(18)31-22-10-6-19(7-11-22)14-29-21-12-8-20(9-13-21)25(16-28-17-25)30-15-24(26)27/h2-13H,14-17H2,1H3,(H,26,27). The fourth-order valence-corrected chi connectivity index (χ4v) is 3.29. The van der Waals surface area contributed by atoms with Gasteiger partial charge in [0.15, 0.2) is 0 Å². The first-order valence-electron chi connectivity index (χ1n) is 10.0. The Morgan fingerprint density at radius 2 is 1.65 bits per heavy atom. The minimum absolute atomic E-state index is 0.345. The van der Waals surface area contributed by atoms with Gasteiger partial charge in [-0.3, -0.25) is 0 Å². The summed E-state index contributed by atoms with van der Waals surface area (Å²) in [4.78, 5) is 10.8. The van der Waals surface area contributed by atoms with Gasteiger partial charge in [-0.15, -0.1) is 0 Å². The first-order valence-corrected chi connectivity index (χ1v) is 10.0. The molecule has 0 saturated carbocycles. The van der Waals surface area contributed by atoms with Crippen LogP contribution in [0.5, 0.6) is 17.2 Å².